The molecule has 0 bridgehead atoms. The zero-order valence-electron chi connectivity index (χ0n) is 9.63. The van der Waals surface area contributed by atoms with Gasteiger partial charge in [0.2, 0.25) is 5.91 Å². The number of carbonyl (C=O) groups is 1. The molecular formula is C12H15N3OS. The number of nitriles is 1. The standard InChI is InChI=1S/C12H15N3OS/c13-2-3-14-4-6-15(7-5-14)12(16)9-11-1-8-17-10-11/h1,8,10H,3-7,9H2. The largest absolute Gasteiger partial charge is 0.340 e. The maximum atomic E-state index is 12.0. The molecule has 90 valence electrons. The molecule has 0 saturated carbocycles. The van der Waals surface area contributed by atoms with Gasteiger partial charge in [0.05, 0.1) is 19.0 Å². The fraction of sp³-hybridized carbons (Fsp3) is 0.500. The van der Waals surface area contributed by atoms with Gasteiger partial charge < -0.3 is 4.90 Å². The molecule has 0 aromatic carbocycles. The zero-order valence-corrected chi connectivity index (χ0v) is 10.4. The summed E-state index contributed by atoms with van der Waals surface area (Å²) in [6.45, 7) is 3.56. The molecule has 2 heterocycles. The van der Waals surface area contributed by atoms with Crippen molar-refractivity contribution in [1.29, 1.82) is 5.26 Å². The molecule has 1 aromatic heterocycles. The maximum Gasteiger partial charge on any atom is 0.227 e. The molecule has 0 radical (unpaired) electrons. The number of piperazine rings is 1. The number of thiophene rings is 1. The summed E-state index contributed by atoms with van der Waals surface area (Å²) >= 11 is 1.62. The molecule has 1 aliphatic heterocycles. The Morgan fingerprint density at radius 2 is 2.18 bits per heavy atom. The fourth-order valence-electron chi connectivity index (χ4n) is 1.94. The highest BCUT2D eigenvalue weighted by atomic mass is 32.1. The second-order valence-electron chi connectivity index (χ2n) is 4.12. The molecule has 0 N–H and O–H groups in total. The minimum atomic E-state index is 0.194. The van der Waals surface area contributed by atoms with Gasteiger partial charge in [-0.15, -0.1) is 0 Å². The molecule has 1 fully saturated rings. The highest BCUT2D eigenvalue weighted by molar-refractivity contribution is 7.07. The van der Waals surface area contributed by atoms with Gasteiger partial charge in [0.25, 0.3) is 0 Å². The first-order valence-electron chi connectivity index (χ1n) is 5.68. The van der Waals surface area contributed by atoms with E-state index in [4.69, 9.17) is 5.26 Å². The van der Waals surface area contributed by atoms with Gasteiger partial charge in [-0.05, 0) is 22.4 Å². The second kappa shape index (κ2) is 5.80. The summed E-state index contributed by atoms with van der Waals surface area (Å²) in [4.78, 5) is 15.9. The van der Waals surface area contributed by atoms with Gasteiger partial charge in [0.15, 0.2) is 0 Å². The van der Waals surface area contributed by atoms with Gasteiger partial charge in [-0.3, -0.25) is 9.69 Å². The van der Waals surface area contributed by atoms with E-state index in [-0.39, 0.29) is 5.91 Å². The van der Waals surface area contributed by atoms with Crippen LogP contribution in [0.5, 0.6) is 0 Å². The van der Waals surface area contributed by atoms with Crippen LogP contribution in [0.25, 0.3) is 0 Å². The maximum absolute atomic E-state index is 12.0. The lowest BCUT2D eigenvalue weighted by Gasteiger charge is -2.33. The van der Waals surface area contributed by atoms with Gasteiger partial charge in [-0.1, -0.05) is 0 Å². The average Bonchev–Trinajstić information content (AvgIpc) is 2.83. The lowest BCUT2D eigenvalue weighted by atomic mass is 10.2. The quantitative estimate of drug-likeness (QED) is 0.750. The minimum absolute atomic E-state index is 0.194. The van der Waals surface area contributed by atoms with Crippen molar-refractivity contribution in [2.45, 2.75) is 6.42 Å². The van der Waals surface area contributed by atoms with Crippen molar-refractivity contribution < 1.29 is 4.79 Å². The van der Waals surface area contributed by atoms with Crippen LogP contribution in [0.15, 0.2) is 16.8 Å². The molecule has 1 amide bonds. The molecule has 1 aliphatic rings. The zero-order chi connectivity index (χ0) is 12.1. The summed E-state index contributed by atoms with van der Waals surface area (Å²) in [5, 5.41) is 12.6. The highest BCUT2D eigenvalue weighted by Gasteiger charge is 2.20. The van der Waals surface area contributed by atoms with Gasteiger partial charge in [0.1, 0.15) is 0 Å². The van der Waals surface area contributed by atoms with Gasteiger partial charge in [0, 0.05) is 26.2 Å². The van der Waals surface area contributed by atoms with Gasteiger partial charge >= 0.3 is 0 Å². The predicted molar refractivity (Wildman–Crippen MR) is 66.7 cm³/mol. The third kappa shape index (κ3) is 3.29. The second-order valence-corrected chi connectivity index (χ2v) is 4.90. The number of carbonyl (C=O) groups excluding carboxylic acids is 1. The third-order valence-electron chi connectivity index (χ3n) is 2.95. The van der Waals surface area contributed by atoms with Crippen molar-refractivity contribution >= 4 is 17.2 Å². The monoisotopic (exact) mass is 249 g/mol. The Labute approximate surface area is 105 Å². The van der Waals surface area contributed by atoms with Crippen LogP contribution >= 0.6 is 11.3 Å². The predicted octanol–water partition coefficient (Wildman–Crippen LogP) is 0.958. The summed E-state index contributed by atoms with van der Waals surface area (Å²) in [7, 11) is 0. The summed E-state index contributed by atoms with van der Waals surface area (Å²) in [5.74, 6) is 0.194. The molecular weight excluding hydrogens is 234 g/mol. The first-order valence-corrected chi connectivity index (χ1v) is 6.62. The normalized spacial score (nSPS) is 16.8. The number of hydrogen-bond donors (Lipinski definition) is 0. The Balaban J connectivity index is 1.80. The summed E-state index contributed by atoms with van der Waals surface area (Å²) in [6, 6.07) is 4.14. The molecule has 0 aliphatic carbocycles. The topological polar surface area (TPSA) is 47.3 Å². The molecule has 0 atom stereocenters. The third-order valence-corrected chi connectivity index (χ3v) is 3.69. The van der Waals surface area contributed by atoms with E-state index in [9.17, 15) is 4.79 Å². The van der Waals surface area contributed by atoms with Gasteiger partial charge in [-0.2, -0.15) is 16.6 Å². The highest BCUT2D eigenvalue weighted by Crippen LogP contribution is 2.09. The number of nitrogens with zero attached hydrogens (tertiary/aromatic N) is 3. The minimum Gasteiger partial charge on any atom is -0.340 e. The Hall–Kier alpha value is -1.38. The molecule has 1 saturated heterocycles. The molecule has 17 heavy (non-hydrogen) atoms. The van der Waals surface area contributed by atoms with E-state index < -0.39 is 0 Å². The summed E-state index contributed by atoms with van der Waals surface area (Å²) < 4.78 is 0. The van der Waals surface area contributed by atoms with Crippen LogP contribution in [0.4, 0.5) is 0 Å². The van der Waals surface area contributed by atoms with Crippen molar-refractivity contribution in [3.8, 4) is 6.07 Å². The van der Waals surface area contributed by atoms with Crippen LogP contribution in [0.1, 0.15) is 5.56 Å². The molecule has 5 heteroatoms. The van der Waals surface area contributed by atoms with Crippen molar-refractivity contribution in [2.24, 2.45) is 0 Å². The van der Waals surface area contributed by atoms with E-state index in [1.54, 1.807) is 11.3 Å². The van der Waals surface area contributed by atoms with Crippen LogP contribution < -0.4 is 0 Å². The van der Waals surface area contributed by atoms with Crippen molar-refractivity contribution in [1.82, 2.24) is 9.80 Å². The van der Waals surface area contributed by atoms with Crippen LogP contribution in [0.2, 0.25) is 0 Å². The Kier molecular flexibility index (Phi) is 4.13. The van der Waals surface area contributed by atoms with E-state index in [0.29, 0.717) is 13.0 Å². The lowest BCUT2D eigenvalue weighted by molar-refractivity contribution is -0.132. The molecule has 1 aromatic rings. The molecule has 0 unspecified atom stereocenters. The lowest BCUT2D eigenvalue weighted by Crippen LogP contribution is -2.49. The van der Waals surface area contributed by atoms with E-state index in [1.807, 2.05) is 21.7 Å². The Bertz CT molecular complexity index is 402. The molecule has 4 nitrogen and oxygen atoms in total. The van der Waals surface area contributed by atoms with E-state index in [2.05, 4.69) is 11.0 Å². The number of hydrogen-bond acceptors (Lipinski definition) is 4. The van der Waals surface area contributed by atoms with Crippen LogP contribution in [0.3, 0.4) is 0 Å². The van der Waals surface area contributed by atoms with Crippen molar-refractivity contribution in [3.05, 3.63) is 22.4 Å². The van der Waals surface area contributed by atoms with E-state index in [0.717, 1.165) is 31.7 Å². The van der Waals surface area contributed by atoms with Gasteiger partial charge in [-0.25, -0.2) is 0 Å². The number of rotatable bonds is 3. The smallest absolute Gasteiger partial charge is 0.227 e. The summed E-state index contributed by atoms with van der Waals surface area (Å²) in [5.41, 5.74) is 1.10. The number of amides is 1. The SMILES string of the molecule is N#CCN1CCN(C(=O)Cc2ccsc2)CC1. The first kappa shape index (κ1) is 12.1. The fourth-order valence-corrected chi connectivity index (χ4v) is 2.60. The van der Waals surface area contributed by atoms with Crippen LogP contribution in [-0.4, -0.2) is 48.4 Å². The molecule has 2 rings (SSSR count). The van der Waals surface area contributed by atoms with Crippen LogP contribution in [0, 0.1) is 11.3 Å². The summed E-state index contributed by atoms with van der Waals surface area (Å²) in [6.07, 6.45) is 0.502. The Morgan fingerprint density at radius 1 is 1.41 bits per heavy atom. The van der Waals surface area contributed by atoms with E-state index >= 15 is 0 Å². The van der Waals surface area contributed by atoms with Crippen LogP contribution in [-0.2, 0) is 11.2 Å². The Morgan fingerprint density at radius 3 is 2.76 bits per heavy atom. The van der Waals surface area contributed by atoms with E-state index in [1.165, 1.54) is 0 Å². The first-order chi connectivity index (χ1) is 8.29. The van der Waals surface area contributed by atoms with Crippen molar-refractivity contribution in [3.63, 3.8) is 0 Å². The van der Waals surface area contributed by atoms with Crippen molar-refractivity contribution in [2.75, 3.05) is 32.7 Å². The average molecular weight is 249 g/mol. The molecule has 0 spiro atoms.